The average Bonchev–Trinajstić information content (AvgIpc) is 2.48. The number of carbonyl (C=O) groups is 2. The van der Waals surface area contributed by atoms with Crippen molar-refractivity contribution in [2.75, 3.05) is 12.4 Å². The number of hydrogen-bond acceptors (Lipinski definition) is 3. The van der Waals surface area contributed by atoms with Crippen LogP contribution < -0.4 is 15.8 Å². The second-order valence-electron chi connectivity index (χ2n) is 4.75. The highest BCUT2D eigenvalue weighted by molar-refractivity contribution is 5.98. The molecule has 0 bridgehead atoms. The fraction of sp³-hybridized carbons (Fsp3) is 0.333. The molecule has 1 unspecified atom stereocenters. The van der Waals surface area contributed by atoms with Gasteiger partial charge in [0.2, 0.25) is 11.8 Å². The van der Waals surface area contributed by atoms with Gasteiger partial charge in [-0.1, -0.05) is 12.2 Å². The van der Waals surface area contributed by atoms with Gasteiger partial charge in [-0.2, -0.15) is 0 Å². The van der Waals surface area contributed by atoms with E-state index in [1.54, 1.807) is 12.1 Å². The maximum atomic E-state index is 12.2. The van der Waals surface area contributed by atoms with Gasteiger partial charge in [0.1, 0.15) is 5.75 Å². The van der Waals surface area contributed by atoms with E-state index >= 15 is 0 Å². The van der Waals surface area contributed by atoms with Crippen molar-refractivity contribution in [1.29, 1.82) is 0 Å². The zero-order chi connectivity index (χ0) is 14.5. The summed E-state index contributed by atoms with van der Waals surface area (Å²) in [6.45, 7) is 0. The molecule has 0 aliphatic heterocycles. The number of primary amides is 1. The van der Waals surface area contributed by atoms with E-state index in [1.165, 1.54) is 13.2 Å². The summed E-state index contributed by atoms with van der Waals surface area (Å²) in [5.41, 5.74) is 6.06. The molecule has 1 aromatic carbocycles. The van der Waals surface area contributed by atoms with Crippen LogP contribution in [0, 0.1) is 5.92 Å². The quantitative estimate of drug-likeness (QED) is 0.825. The van der Waals surface area contributed by atoms with Gasteiger partial charge in [0.15, 0.2) is 0 Å². The second-order valence-corrected chi connectivity index (χ2v) is 4.75. The SMILES string of the molecule is COc1ccc(C(N)=O)cc1NC(=O)C1CC=CCC1. The first-order chi connectivity index (χ1) is 9.61. The number of methoxy groups -OCH3 is 1. The normalized spacial score (nSPS) is 17.6. The third kappa shape index (κ3) is 3.17. The van der Waals surface area contributed by atoms with E-state index in [0.29, 0.717) is 17.0 Å². The number of benzene rings is 1. The molecule has 1 aromatic rings. The molecule has 0 spiro atoms. The van der Waals surface area contributed by atoms with Gasteiger partial charge < -0.3 is 15.8 Å². The summed E-state index contributed by atoms with van der Waals surface area (Å²) < 4.78 is 5.19. The van der Waals surface area contributed by atoms with Crippen molar-refractivity contribution < 1.29 is 14.3 Å². The third-order valence-corrected chi connectivity index (χ3v) is 3.38. The minimum atomic E-state index is -0.538. The van der Waals surface area contributed by atoms with E-state index in [1.807, 2.05) is 6.08 Å². The highest BCUT2D eigenvalue weighted by atomic mass is 16.5. The van der Waals surface area contributed by atoms with Crippen LogP contribution in [-0.4, -0.2) is 18.9 Å². The molecule has 3 N–H and O–H groups in total. The third-order valence-electron chi connectivity index (χ3n) is 3.38. The lowest BCUT2D eigenvalue weighted by atomic mass is 9.93. The molecule has 0 aromatic heterocycles. The summed E-state index contributed by atoms with van der Waals surface area (Å²) in [5.74, 6) is -0.130. The predicted octanol–water partition coefficient (Wildman–Crippen LogP) is 2.09. The monoisotopic (exact) mass is 274 g/mol. The number of ether oxygens (including phenoxy) is 1. The van der Waals surface area contributed by atoms with Gasteiger partial charge >= 0.3 is 0 Å². The number of anilines is 1. The Kier molecular flexibility index (Phi) is 4.40. The topological polar surface area (TPSA) is 81.4 Å². The number of nitrogens with two attached hydrogens (primary N) is 1. The number of nitrogens with one attached hydrogen (secondary N) is 1. The van der Waals surface area contributed by atoms with Crippen LogP contribution in [0.25, 0.3) is 0 Å². The molecule has 2 amide bonds. The average molecular weight is 274 g/mol. The molecule has 1 aliphatic carbocycles. The van der Waals surface area contributed by atoms with E-state index in [4.69, 9.17) is 10.5 Å². The van der Waals surface area contributed by atoms with Crippen molar-refractivity contribution in [3.63, 3.8) is 0 Å². The van der Waals surface area contributed by atoms with Crippen molar-refractivity contribution >= 4 is 17.5 Å². The van der Waals surface area contributed by atoms with Gasteiger partial charge in [-0.15, -0.1) is 0 Å². The summed E-state index contributed by atoms with van der Waals surface area (Å²) >= 11 is 0. The number of rotatable bonds is 4. The van der Waals surface area contributed by atoms with Crippen LogP contribution in [0.5, 0.6) is 5.75 Å². The molecule has 1 atom stereocenters. The summed E-state index contributed by atoms with van der Waals surface area (Å²) in [6, 6.07) is 4.73. The van der Waals surface area contributed by atoms with Crippen LogP contribution in [0.2, 0.25) is 0 Å². The molecule has 0 saturated carbocycles. The number of carbonyl (C=O) groups excluding carboxylic acids is 2. The summed E-state index contributed by atoms with van der Waals surface area (Å²) in [6.07, 6.45) is 6.59. The van der Waals surface area contributed by atoms with E-state index in [9.17, 15) is 9.59 Å². The van der Waals surface area contributed by atoms with Crippen LogP contribution in [-0.2, 0) is 4.79 Å². The Morgan fingerprint density at radius 2 is 2.15 bits per heavy atom. The lowest BCUT2D eigenvalue weighted by molar-refractivity contribution is -0.120. The predicted molar refractivity (Wildman–Crippen MR) is 76.6 cm³/mol. The Labute approximate surface area is 117 Å². The molecular formula is C15H18N2O3. The molecule has 0 saturated heterocycles. The van der Waals surface area contributed by atoms with E-state index in [0.717, 1.165) is 19.3 Å². The van der Waals surface area contributed by atoms with Crippen molar-refractivity contribution in [2.24, 2.45) is 11.7 Å². The molecule has 2 rings (SSSR count). The first kappa shape index (κ1) is 14.1. The maximum absolute atomic E-state index is 12.2. The Balaban J connectivity index is 2.18. The molecule has 0 heterocycles. The van der Waals surface area contributed by atoms with Gasteiger partial charge in [0.05, 0.1) is 12.8 Å². The van der Waals surface area contributed by atoms with E-state index in [2.05, 4.69) is 11.4 Å². The fourth-order valence-electron chi connectivity index (χ4n) is 2.23. The maximum Gasteiger partial charge on any atom is 0.248 e. The summed E-state index contributed by atoms with van der Waals surface area (Å²) in [5, 5.41) is 2.82. The zero-order valence-electron chi connectivity index (χ0n) is 11.4. The summed E-state index contributed by atoms with van der Waals surface area (Å²) in [7, 11) is 1.51. The van der Waals surface area contributed by atoms with E-state index in [-0.39, 0.29) is 11.8 Å². The fourth-order valence-corrected chi connectivity index (χ4v) is 2.23. The number of amides is 2. The lowest BCUT2D eigenvalue weighted by Crippen LogP contribution is -2.24. The Bertz CT molecular complexity index is 552. The van der Waals surface area contributed by atoms with E-state index < -0.39 is 5.91 Å². The minimum absolute atomic E-state index is 0.0399. The first-order valence-corrected chi connectivity index (χ1v) is 6.55. The highest BCUT2D eigenvalue weighted by Gasteiger charge is 2.20. The van der Waals surface area contributed by atoms with Gasteiger partial charge in [-0.05, 0) is 37.5 Å². The largest absolute Gasteiger partial charge is 0.495 e. The molecular weight excluding hydrogens is 256 g/mol. The minimum Gasteiger partial charge on any atom is -0.495 e. The van der Waals surface area contributed by atoms with Crippen LogP contribution in [0.1, 0.15) is 29.6 Å². The van der Waals surface area contributed by atoms with Crippen LogP contribution in [0.3, 0.4) is 0 Å². The number of hydrogen-bond donors (Lipinski definition) is 2. The Hall–Kier alpha value is -2.30. The smallest absolute Gasteiger partial charge is 0.248 e. The van der Waals surface area contributed by atoms with Crippen molar-refractivity contribution in [1.82, 2.24) is 0 Å². The van der Waals surface area contributed by atoms with Gasteiger partial charge in [0.25, 0.3) is 0 Å². The molecule has 5 nitrogen and oxygen atoms in total. The van der Waals surface area contributed by atoms with Crippen molar-refractivity contribution in [3.8, 4) is 5.75 Å². The van der Waals surface area contributed by atoms with Gasteiger partial charge in [-0.25, -0.2) is 0 Å². The standard InChI is InChI=1S/C15H18N2O3/c1-20-13-8-7-11(14(16)18)9-12(13)17-15(19)10-5-3-2-4-6-10/h2-3,7-10H,4-6H2,1H3,(H2,16,18)(H,17,19). The molecule has 1 aliphatic rings. The second kappa shape index (κ2) is 6.23. The molecule has 106 valence electrons. The van der Waals surface area contributed by atoms with Crippen LogP contribution in [0.4, 0.5) is 5.69 Å². The Morgan fingerprint density at radius 1 is 1.35 bits per heavy atom. The lowest BCUT2D eigenvalue weighted by Gasteiger charge is -2.18. The first-order valence-electron chi connectivity index (χ1n) is 6.55. The van der Waals surface area contributed by atoms with Gasteiger partial charge in [0, 0.05) is 11.5 Å². The van der Waals surface area contributed by atoms with Crippen LogP contribution >= 0.6 is 0 Å². The molecule has 5 heteroatoms. The van der Waals surface area contributed by atoms with Crippen molar-refractivity contribution in [3.05, 3.63) is 35.9 Å². The number of allylic oxidation sites excluding steroid dienone is 2. The van der Waals surface area contributed by atoms with Crippen LogP contribution in [0.15, 0.2) is 30.4 Å². The van der Waals surface area contributed by atoms with Gasteiger partial charge in [-0.3, -0.25) is 9.59 Å². The molecule has 0 radical (unpaired) electrons. The van der Waals surface area contributed by atoms with Crippen molar-refractivity contribution in [2.45, 2.75) is 19.3 Å². The highest BCUT2D eigenvalue weighted by Crippen LogP contribution is 2.27. The molecule has 20 heavy (non-hydrogen) atoms. The zero-order valence-corrected chi connectivity index (χ0v) is 11.4. The Morgan fingerprint density at radius 3 is 2.75 bits per heavy atom. The summed E-state index contributed by atoms with van der Waals surface area (Å²) in [4.78, 5) is 23.4. The molecule has 0 fully saturated rings.